The molecule has 0 heterocycles. The Balaban J connectivity index is 1.89. The molecule has 4 nitrogen and oxygen atoms in total. The summed E-state index contributed by atoms with van der Waals surface area (Å²) in [5, 5.41) is 6.61. The number of rotatable bonds is 3. The van der Waals surface area contributed by atoms with Crippen molar-refractivity contribution in [2.24, 2.45) is 5.16 Å². The van der Waals surface area contributed by atoms with Crippen molar-refractivity contribution in [3.63, 3.8) is 0 Å². The lowest BCUT2D eigenvalue weighted by Crippen LogP contribution is -2.10. The average molecular weight is 327 g/mol. The van der Waals surface area contributed by atoms with Gasteiger partial charge in [-0.1, -0.05) is 40.5 Å². The van der Waals surface area contributed by atoms with E-state index in [2.05, 4.69) is 15.3 Å². The zero-order chi connectivity index (χ0) is 15.2. The number of carbonyl (C=O) groups excluding carboxylic acids is 1. The maximum atomic E-state index is 12.7. The van der Waals surface area contributed by atoms with Crippen LogP contribution in [0.25, 0.3) is 0 Å². The maximum Gasteiger partial charge on any atom is 0.437 e. The summed E-state index contributed by atoms with van der Waals surface area (Å²) in [7, 11) is 0. The molecule has 2 aromatic rings. The Bertz CT molecular complexity index is 675. The molecule has 0 aliphatic carbocycles. The first-order chi connectivity index (χ1) is 10.0. The van der Waals surface area contributed by atoms with E-state index < -0.39 is 6.09 Å². The normalized spacial score (nSPS) is 10.6. The molecule has 0 saturated carbocycles. The van der Waals surface area contributed by atoms with E-state index in [4.69, 9.17) is 23.2 Å². The molecule has 0 saturated heterocycles. The Morgan fingerprint density at radius 2 is 1.86 bits per heavy atom. The monoisotopic (exact) mass is 326 g/mol. The van der Waals surface area contributed by atoms with Crippen LogP contribution in [0.5, 0.6) is 0 Å². The second-order valence-corrected chi connectivity index (χ2v) is 4.73. The van der Waals surface area contributed by atoms with E-state index in [1.54, 1.807) is 12.1 Å². The van der Waals surface area contributed by atoms with E-state index in [1.807, 2.05) is 0 Å². The highest BCUT2D eigenvalue weighted by Crippen LogP contribution is 2.24. The van der Waals surface area contributed by atoms with Crippen molar-refractivity contribution in [3.05, 3.63) is 63.9 Å². The third-order valence-electron chi connectivity index (χ3n) is 2.37. The largest absolute Gasteiger partial charge is 0.437 e. The van der Waals surface area contributed by atoms with Crippen molar-refractivity contribution < 1.29 is 14.0 Å². The quantitative estimate of drug-likeness (QED) is 0.504. The number of nitrogens with zero attached hydrogens (tertiary/aromatic N) is 1. The number of oxime groups is 1. The molecule has 0 aromatic heterocycles. The Morgan fingerprint density at radius 3 is 2.52 bits per heavy atom. The Kier molecular flexibility index (Phi) is 5.14. The fourth-order valence-electron chi connectivity index (χ4n) is 1.40. The zero-order valence-electron chi connectivity index (χ0n) is 10.5. The molecule has 0 aliphatic heterocycles. The average Bonchev–Trinajstić information content (AvgIpc) is 2.45. The van der Waals surface area contributed by atoms with Gasteiger partial charge in [0.2, 0.25) is 0 Å². The lowest BCUT2D eigenvalue weighted by Gasteiger charge is -2.03. The number of amides is 1. The third-order valence-corrected chi connectivity index (χ3v) is 3.11. The third kappa shape index (κ3) is 4.73. The summed E-state index contributed by atoms with van der Waals surface area (Å²) in [6, 6.07) is 10.1. The van der Waals surface area contributed by atoms with Gasteiger partial charge >= 0.3 is 6.09 Å². The highest BCUT2D eigenvalue weighted by Gasteiger charge is 2.04. The van der Waals surface area contributed by atoms with Gasteiger partial charge in [0.15, 0.2) is 0 Å². The van der Waals surface area contributed by atoms with Crippen LogP contribution in [0.1, 0.15) is 5.56 Å². The highest BCUT2D eigenvalue weighted by atomic mass is 35.5. The molecule has 0 atom stereocenters. The minimum absolute atomic E-state index is 0.310. The van der Waals surface area contributed by atoms with E-state index in [1.165, 1.54) is 36.5 Å². The fraction of sp³-hybridized carbons (Fsp3) is 0. The van der Waals surface area contributed by atoms with Crippen LogP contribution >= 0.6 is 23.2 Å². The van der Waals surface area contributed by atoms with Gasteiger partial charge in [-0.15, -0.1) is 0 Å². The van der Waals surface area contributed by atoms with Gasteiger partial charge in [0.25, 0.3) is 0 Å². The molecule has 0 fully saturated rings. The van der Waals surface area contributed by atoms with Crippen molar-refractivity contribution >= 4 is 41.2 Å². The zero-order valence-corrected chi connectivity index (χ0v) is 12.0. The van der Waals surface area contributed by atoms with Gasteiger partial charge in [0, 0.05) is 5.69 Å². The number of hydrogen-bond donors (Lipinski definition) is 1. The number of halogens is 3. The van der Waals surface area contributed by atoms with Crippen LogP contribution in [0.3, 0.4) is 0 Å². The van der Waals surface area contributed by atoms with Crippen LogP contribution in [0.4, 0.5) is 14.9 Å². The van der Waals surface area contributed by atoms with E-state index >= 15 is 0 Å². The topological polar surface area (TPSA) is 50.7 Å². The molecular formula is C14H9Cl2FN2O2. The van der Waals surface area contributed by atoms with E-state index in [0.29, 0.717) is 21.3 Å². The van der Waals surface area contributed by atoms with Gasteiger partial charge in [-0.2, -0.15) is 0 Å². The number of carbonyl (C=O) groups is 1. The first kappa shape index (κ1) is 15.3. The second kappa shape index (κ2) is 7.06. The van der Waals surface area contributed by atoms with E-state index in [-0.39, 0.29) is 5.82 Å². The van der Waals surface area contributed by atoms with Gasteiger partial charge in [0.1, 0.15) is 5.82 Å². The summed E-state index contributed by atoms with van der Waals surface area (Å²) in [4.78, 5) is 16.1. The minimum Gasteiger partial charge on any atom is -0.298 e. The van der Waals surface area contributed by atoms with Gasteiger partial charge in [-0.25, -0.2) is 9.18 Å². The standard InChI is InChI=1S/C14H9Cl2FN2O2/c15-12-6-5-11(7-13(12)16)19-14(20)21-18-8-9-1-3-10(17)4-2-9/h1-8H,(H,19,20)/b18-8+. The molecule has 108 valence electrons. The molecule has 0 bridgehead atoms. The maximum absolute atomic E-state index is 12.7. The van der Waals surface area contributed by atoms with Crippen LogP contribution in [0.2, 0.25) is 10.0 Å². The first-order valence-corrected chi connectivity index (χ1v) is 6.52. The lowest BCUT2D eigenvalue weighted by molar-refractivity contribution is 0.167. The van der Waals surface area contributed by atoms with Gasteiger partial charge in [-0.05, 0) is 35.9 Å². The molecule has 0 radical (unpaired) electrons. The van der Waals surface area contributed by atoms with E-state index in [0.717, 1.165) is 0 Å². The molecule has 0 unspecified atom stereocenters. The summed E-state index contributed by atoms with van der Waals surface area (Å²) >= 11 is 11.6. The van der Waals surface area contributed by atoms with Crippen LogP contribution in [0.15, 0.2) is 47.6 Å². The summed E-state index contributed by atoms with van der Waals surface area (Å²) in [6.45, 7) is 0. The lowest BCUT2D eigenvalue weighted by atomic mass is 10.2. The number of anilines is 1. The summed E-state index contributed by atoms with van der Waals surface area (Å²) in [6.07, 6.45) is 0.500. The Labute approximate surface area is 130 Å². The smallest absolute Gasteiger partial charge is 0.298 e. The molecule has 7 heteroatoms. The molecule has 1 N–H and O–H groups in total. The summed E-state index contributed by atoms with van der Waals surface area (Å²) in [5.41, 5.74) is 1.02. The van der Waals surface area contributed by atoms with E-state index in [9.17, 15) is 9.18 Å². The van der Waals surface area contributed by atoms with Gasteiger partial charge < -0.3 is 0 Å². The van der Waals surface area contributed by atoms with Crippen LogP contribution in [-0.2, 0) is 4.84 Å². The number of hydrogen-bond acceptors (Lipinski definition) is 3. The molecular weight excluding hydrogens is 318 g/mol. The van der Waals surface area contributed by atoms with Crippen molar-refractivity contribution in [2.45, 2.75) is 0 Å². The van der Waals surface area contributed by atoms with Crippen LogP contribution < -0.4 is 5.32 Å². The summed E-state index contributed by atoms with van der Waals surface area (Å²) in [5.74, 6) is -0.356. The van der Waals surface area contributed by atoms with Crippen molar-refractivity contribution in [1.29, 1.82) is 0 Å². The summed E-state index contributed by atoms with van der Waals surface area (Å²) < 4.78 is 12.7. The molecule has 1 amide bonds. The minimum atomic E-state index is -0.785. The first-order valence-electron chi connectivity index (χ1n) is 5.76. The molecule has 0 spiro atoms. The van der Waals surface area contributed by atoms with Crippen LogP contribution in [-0.4, -0.2) is 12.3 Å². The predicted octanol–water partition coefficient (Wildman–Crippen LogP) is 4.72. The van der Waals surface area contributed by atoms with Crippen LogP contribution in [0, 0.1) is 5.82 Å². The van der Waals surface area contributed by atoms with Crippen molar-refractivity contribution in [2.75, 3.05) is 5.32 Å². The number of benzene rings is 2. The second-order valence-electron chi connectivity index (χ2n) is 3.92. The predicted molar refractivity (Wildman–Crippen MR) is 80.6 cm³/mol. The van der Waals surface area contributed by atoms with Gasteiger partial charge in [0.05, 0.1) is 16.3 Å². The number of nitrogens with one attached hydrogen (secondary N) is 1. The van der Waals surface area contributed by atoms with Crippen molar-refractivity contribution in [3.8, 4) is 0 Å². The SMILES string of the molecule is O=C(Nc1ccc(Cl)c(Cl)c1)O/N=C/c1ccc(F)cc1. The molecule has 21 heavy (non-hydrogen) atoms. The molecule has 2 rings (SSSR count). The van der Waals surface area contributed by atoms with Gasteiger partial charge in [-0.3, -0.25) is 10.2 Å². The van der Waals surface area contributed by atoms with Crippen molar-refractivity contribution in [1.82, 2.24) is 0 Å². The highest BCUT2D eigenvalue weighted by molar-refractivity contribution is 6.42. The fourth-order valence-corrected chi connectivity index (χ4v) is 1.70. The Hall–Kier alpha value is -2.11. The molecule has 2 aromatic carbocycles. The Morgan fingerprint density at radius 1 is 1.14 bits per heavy atom. The molecule has 0 aliphatic rings.